The van der Waals surface area contributed by atoms with Crippen LogP contribution in [-0.4, -0.2) is 67.3 Å². The van der Waals surface area contributed by atoms with E-state index in [0.717, 1.165) is 31.9 Å². The van der Waals surface area contributed by atoms with Crippen LogP contribution in [0.1, 0.15) is 27.2 Å². The van der Waals surface area contributed by atoms with Crippen LogP contribution in [0.25, 0.3) is 0 Å². The molecule has 2 N–H and O–H groups in total. The Kier molecular flexibility index (Phi) is 6.79. The molecule has 0 atom stereocenters. The van der Waals surface area contributed by atoms with Gasteiger partial charge in [0.1, 0.15) is 12.4 Å². The van der Waals surface area contributed by atoms with Crippen LogP contribution in [0.5, 0.6) is 0 Å². The first-order chi connectivity index (χ1) is 12.3. The highest BCUT2D eigenvalue weighted by Crippen LogP contribution is 2.16. The van der Waals surface area contributed by atoms with Crippen LogP contribution in [0.3, 0.4) is 0 Å². The molecule has 2 rings (SSSR count). The topological polar surface area (TPSA) is 86.8 Å². The zero-order valence-corrected chi connectivity index (χ0v) is 16.0. The number of hydrogen-bond donors (Lipinski definition) is 2. The van der Waals surface area contributed by atoms with Crippen molar-refractivity contribution < 1.29 is 14.3 Å². The van der Waals surface area contributed by atoms with Crippen molar-refractivity contribution >= 4 is 23.4 Å². The lowest BCUT2D eigenvalue weighted by Gasteiger charge is -2.23. The van der Waals surface area contributed by atoms with E-state index in [-0.39, 0.29) is 24.1 Å². The highest BCUT2D eigenvalue weighted by atomic mass is 16.5. The van der Waals surface area contributed by atoms with Gasteiger partial charge in [-0.15, -0.1) is 0 Å². The number of pyridine rings is 1. The van der Waals surface area contributed by atoms with Gasteiger partial charge in [0.05, 0.1) is 11.9 Å². The predicted molar refractivity (Wildman–Crippen MR) is 101 cm³/mol. The summed E-state index contributed by atoms with van der Waals surface area (Å²) in [6, 6.07) is 3.47. The van der Waals surface area contributed by atoms with Gasteiger partial charge in [-0.3, -0.25) is 4.79 Å². The van der Waals surface area contributed by atoms with E-state index in [9.17, 15) is 9.59 Å². The summed E-state index contributed by atoms with van der Waals surface area (Å²) in [5.74, 6) is 0.861. The maximum atomic E-state index is 12.0. The number of methoxy groups -OCH3 is 1. The molecular weight excluding hydrogens is 334 g/mol. The number of nitrogens with one attached hydrogen (secondary N) is 2. The fourth-order valence-corrected chi connectivity index (χ4v) is 2.76. The zero-order valence-electron chi connectivity index (χ0n) is 16.0. The molecule has 0 aromatic carbocycles. The lowest BCUT2D eigenvalue weighted by molar-refractivity contribution is -0.134. The van der Waals surface area contributed by atoms with Gasteiger partial charge in [-0.25, -0.2) is 9.78 Å². The van der Waals surface area contributed by atoms with Crippen LogP contribution >= 0.6 is 0 Å². The van der Waals surface area contributed by atoms with Crippen molar-refractivity contribution in [2.75, 3.05) is 50.1 Å². The molecule has 2 heterocycles. The number of ether oxygens (including phenoxy) is 1. The molecule has 1 aliphatic rings. The fraction of sp³-hybridized carbons (Fsp3) is 0.611. The summed E-state index contributed by atoms with van der Waals surface area (Å²) in [5, 5.41) is 5.62. The minimum Gasteiger partial charge on any atom is -0.375 e. The molecule has 0 bridgehead atoms. The van der Waals surface area contributed by atoms with Crippen LogP contribution in [-0.2, 0) is 9.53 Å². The van der Waals surface area contributed by atoms with Crippen molar-refractivity contribution in [2.24, 2.45) is 0 Å². The van der Waals surface area contributed by atoms with Crippen molar-refractivity contribution in [3.63, 3.8) is 0 Å². The van der Waals surface area contributed by atoms with Gasteiger partial charge in [0.25, 0.3) is 0 Å². The van der Waals surface area contributed by atoms with Gasteiger partial charge in [0, 0.05) is 38.8 Å². The Hall–Kier alpha value is -2.35. The van der Waals surface area contributed by atoms with E-state index in [1.54, 1.807) is 6.20 Å². The van der Waals surface area contributed by atoms with Crippen LogP contribution in [0, 0.1) is 0 Å². The highest BCUT2D eigenvalue weighted by molar-refractivity contribution is 5.89. The molecule has 0 unspecified atom stereocenters. The zero-order chi connectivity index (χ0) is 19.2. The Labute approximate surface area is 154 Å². The summed E-state index contributed by atoms with van der Waals surface area (Å²) < 4.78 is 4.93. The van der Waals surface area contributed by atoms with Gasteiger partial charge in [-0.1, -0.05) is 0 Å². The van der Waals surface area contributed by atoms with Gasteiger partial charge in [0.15, 0.2) is 0 Å². The Balaban J connectivity index is 1.92. The van der Waals surface area contributed by atoms with E-state index in [0.29, 0.717) is 12.2 Å². The number of carbonyl (C=O) groups excluding carboxylic acids is 2. The quantitative estimate of drug-likeness (QED) is 0.850. The van der Waals surface area contributed by atoms with Gasteiger partial charge in [-0.2, -0.15) is 0 Å². The smallest absolute Gasteiger partial charge is 0.319 e. The molecule has 0 spiro atoms. The molecule has 1 aromatic heterocycles. The van der Waals surface area contributed by atoms with Crippen LogP contribution < -0.4 is 15.5 Å². The second-order valence-corrected chi connectivity index (χ2v) is 7.39. The van der Waals surface area contributed by atoms with E-state index < -0.39 is 0 Å². The summed E-state index contributed by atoms with van der Waals surface area (Å²) in [6.45, 7) is 8.83. The first kappa shape index (κ1) is 20.0. The summed E-state index contributed by atoms with van der Waals surface area (Å²) in [7, 11) is 1.53. The minimum atomic E-state index is -0.296. The molecule has 1 saturated heterocycles. The first-order valence-electron chi connectivity index (χ1n) is 8.85. The van der Waals surface area contributed by atoms with E-state index in [4.69, 9.17) is 4.74 Å². The van der Waals surface area contributed by atoms with Crippen molar-refractivity contribution in [1.29, 1.82) is 0 Å². The molecule has 0 aliphatic carbocycles. The Bertz CT molecular complexity index is 612. The average Bonchev–Trinajstić information content (AvgIpc) is 2.80. The largest absolute Gasteiger partial charge is 0.375 e. The van der Waals surface area contributed by atoms with E-state index in [1.165, 1.54) is 7.11 Å². The minimum absolute atomic E-state index is 0.0201. The van der Waals surface area contributed by atoms with Crippen molar-refractivity contribution in [3.05, 3.63) is 18.3 Å². The molecule has 0 radical (unpaired) electrons. The molecular formula is C18H29N5O3. The van der Waals surface area contributed by atoms with Gasteiger partial charge < -0.3 is 25.2 Å². The first-order valence-corrected chi connectivity index (χ1v) is 8.85. The van der Waals surface area contributed by atoms with Crippen molar-refractivity contribution in [3.8, 4) is 0 Å². The average molecular weight is 363 g/mol. The summed E-state index contributed by atoms with van der Waals surface area (Å²) in [4.78, 5) is 32.3. The highest BCUT2D eigenvalue weighted by Gasteiger charge is 2.20. The molecule has 8 nitrogen and oxygen atoms in total. The number of hydrogen-bond acceptors (Lipinski definition) is 5. The van der Waals surface area contributed by atoms with E-state index in [1.807, 2.05) is 37.8 Å². The molecule has 1 aromatic rings. The molecule has 144 valence electrons. The number of rotatable bonds is 4. The SMILES string of the molecule is COCC(=O)N1CCCN(c2ccc(NC(=O)NC(C)(C)C)cn2)CC1. The molecule has 3 amide bonds. The van der Waals surface area contributed by atoms with Crippen LogP contribution in [0.4, 0.5) is 16.3 Å². The lowest BCUT2D eigenvalue weighted by Crippen LogP contribution is -2.43. The number of carbonyl (C=O) groups is 2. The Morgan fingerprint density at radius 3 is 2.58 bits per heavy atom. The van der Waals surface area contributed by atoms with Crippen LogP contribution in [0.15, 0.2) is 18.3 Å². The van der Waals surface area contributed by atoms with Crippen molar-refractivity contribution in [1.82, 2.24) is 15.2 Å². The number of aromatic nitrogens is 1. The second kappa shape index (κ2) is 8.84. The van der Waals surface area contributed by atoms with Crippen LogP contribution in [0.2, 0.25) is 0 Å². The molecule has 26 heavy (non-hydrogen) atoms. The fourth-order valence-electron chi connectivity index (χ4n) is 2.76. The van der Waals surface area contributed by atoms with E-state index >= 15 is 0 Å². The third kappa shape index (κ3) is 6.18. The van der Waals surface area contributed by atoms with Gasteiger partial charge in [-0.05, 0) is 39.3 Å². The number of urea groups is 1. The predicted octanol–water partition coefficient (Wildman–Crippen LogP) is 1.69. The summed E-state index contributed by atoms with van der Waals surface area (Å²) in [5.41, 5.74) is 0.345. The molecule has 1 fully saturated rings. The maximum absolute atomic E-state index is 12.0. The molecule has 0 saturated carbocycles. The lowest BCUT2D eigenvalue weighted by atomic mass is 10.1. The molecule has 8 heteroatoms. The second-order valence-electron chi connectivity index (χ2n) is 7.39. The van der Waals surface area contributed by atoms with Crippen molar-refractivity contribution in [2.45, 2.75) is 32.7 Å². The third-order valence-corrected chi connectivity index (χ3v) is 3.93. The summed E-state index contributed by atoms with van der Waals surface area (Å²) >= 11 is 0. The number of nitrogens with zero attached hydrogens (tertiary/aromatic N) is 3. The Morgan fingerprint density at radius 2 is 1.96 bits per heavy atom. The van der Waals surface area contributed by atoms with E-state index in [2.05, 4.69) is 20.5 Å². The normalized spacial score (nSPS) is 15.4. The van der Waals surface area contributed by atoms with Gasteiger partial charge >= 0.3 is 6.03 Å². The third-order valence-electron chi connectivity index (χ3n) is 3.93. The maximum Gasteiger partial charge on any atom is 0.319 e. The molecule has 1 aliphatic heterocycles. The number of anilines is 2. The standard InChI is InChI=1S/C18H29N5O3/c1-18(2,3)21-17(25)20-14-6-7-15(19-12-14)22-8-5-9-23(11-10-22)16(24)13-26-4/h6-7,12H,5,8-11,13H2,1-4H3,(H2,20,21,25). The summed E-state index contributed by atoms with van der Waals surface area (Å²) in [6.07, 6.45) is 2.53. The Morgan fingerprint density at radius 1 is 1.19 bits per heavy atom. The van der Waals surface area contributed by atoms with Gasteiger partial charge in [0.2, 0.25) is 5.91 Å². The number of amides is 3. The monoisotopic (exact) mass is 363 g/mol.